The van der Waals surface area contributed by atoms with Crippen LogP contribution in [0.1, 0.15) is 34.0 Å². The van der Waals surface area contributed by atoms with Gasteiger partial charge in [-0.25, -0.2) is 4.98 Å². The predicted octanol–water partition coefficient (Wildman–Crippen LogP) is 4.84. The standard InChI is InChI=1S/C20H20ClN3O2S2/c1-12(2)17(23-18(25)16-8-5-9-27-16)19(26)24-20-22-11-14(28-20)10-13-6-3-4-7-15(13)21/h3-9,11-12,17H,10H2,1-2H3,(H,23,25)(H,22,24,26). The van der Waals surface area contributed by atoms with Crippen molar-refractivity contribution in [2.24, 2.45) is 5.92 Å². The van der Waals surface area contributed by atoms with Crippen LogP contribution in [-0.2, 0) is 11.2 Å². The van der Waals surface area contributed by atoms with E-state index in [4.69, 9.17) is 11.6 Å². The van der Waals surface area contributed by atoms with E-state index in [-0.39, 0.29) is 17.7 Å². The summed E-state index contributed by atoms with van der Waals surface area (Å²) >= 11 is 8.95. The van der Waals surface area contributed by atoms with Crippen LogP contribution in [0.3, 0.4) is 0 Å². The summed E-state index contributed by atoms with van der Waals surface area (Å²) in [7, 11) is 0. The van der Waals surface area contributed by atoms with Crippen molar-refractivity contribution in [3.8, 4) is 0 Å². The number of thiazole rings is 1. The van der Waals surface area contributed by atoms with Crippen LogP contribution in [0.2, 0.25) is 5.02 Å². The van der Waals surface area contributed by atoms with Crippen LogP contribution in [-0.4, -0.2) is 22.8 Å². The van der Waals surface area contributed by atoms with Crippen LogP contribution in [0, 0.1) is 5.92 Å². The maximum Gasteiger partial charge on any atom is 0.262 e. The lowest BCUT2D eigenvalue weighted by Crippen LogP contribution is -2.46. The molecule has 0 spiro atoms. The molecule has 1 aromatic carbocycles. The Hall–Kier alpha value is -2.22. The highest BCUT2D eigenvalue weighted by Gasteiger charge is 2.25. The summed E-state index contributed by atoms with van der Waals surface area (Å²) in [5.74, 6) is -0.590. The summed E-state index contributed by atoms with van der Waals surface area (Å²) in [4.78, 5) is 30.9. The Kier molecular flexibility index (Phi) is 6.83. The van der Waals surface area contributed by atoms with Crippen LogP contribution in [0.15, 0.2) is 48.0 Å². The molecule has 0 bridgehead atoms. The Balaban J connectivity index is 1.64. The fourth-order valence-electron chi connectivity index (χ4n) is 2.61. The van der Waals surface area contributed by atoms with Crippen molar-refractivity contribution < 1.29 is 9.59 Å². The zero-order valence-electron chi connectivity index (χ0n) is 15.4. The van der Waals surface area contributed by atoms with E-state index in [0.29, 0.717) is 21.5 Å². The number of hydrogen-bond acceptors (Lipinski definition) is 5. The minimum atomic E-state index is -0.648. The number of carbonyl (C=O) groups excluding carboxylic acids is 2. The van der Waals surface area contributed by atoms with E-state index < -0.39 is 6.04 Å². The van der Waals surface area contributed by atoms with Gasteiger partial charge in [0.1, 0.15) is 6.04 Å². The second kappa shape index (κ2) is 9.32. The highest BCUT2D eigenvalue weighted by Crippen LogP contribution is 2.25. The molecule has 2 N–H and O–H groups in total. The van der Waals surface area contributed by atoms with Gasteiger partial charge in [-0.3, -0.25) is 9.59 Å². The number of rotatable bonds is 7. The molecule has 0 saturated heterocycles. The summed E-state index contributed by atoms with van der Waals surface area (Å²) in [5.41, 5.74) is 1.01. The lowest BCUT2D eigenvalue weighted by molar-refractivity contribution is -0.118. The van der Waals surface area contributed by atoms with Gasteiger partial charge < -0.3 is 10.6 Å². The van der Waals surface area contributed by atoms with Gasteiger partial charge in [-0.2, -0.15) is 0 Å². The Labute approximate surface area is 176 Å². The van der Waals surface area contributed by atoms with Crippen LogP contribution in [0.4, 0.5) is 5.13 Å². The topological polar surface area (TPSA) is 71.1 Å². The Morgan fingerprint density at radius 3 is 2.64 bits per heavy atom. The number of nitrogens with one attached hydrogen (secondary N) is 2. The molecule has 1 unspecified atom stereocenters. The molecule has 2 heterocycles. The molecule has 1 atom stereocenters. The first-order valence-electron chi connectivity index (χ1n) is 8.77. The summed E-state index contributed by atoms with van der Waals surface area (Å²) in [5, 5.41) is 8.67. The molecule has 0 aliphatic carbocycles. The summed E-state index contributed by atoms with van der Waals surface area (Å²) in [6, 6.07) is 10.5. The number of aromatic nitrogens is 1. The number of nitrogens with zero attached hydrogens (tertiary/aromatic N) is 1. The van der Waals surface area contributed by atoms with Gasteiger partial charge in [-0.1, -0.05) is 49.7 Å². The van der Waals surface area contributed by atoms with Gasteiger partial charge in [0.05, 0.1) is 4.88 Å². The number of hydrogen-bond donors (Lipinski definition) is 2. The normalized spacial score (nSPS) is 12.0. The monoisotopic (exact) mass is 433 g/mol. The lowest BCUT2D eigenvalue weighted by atomic mass is 10.0. The van der Waals surface area contributed by atoms with Crippen LogP contribution in [0.25, 0.3) is 0 Å². The molecule has 0 fully saturated rings. The van der Waals surface area contributed by atoms with Gasteiger partial charge in [0, 0.05) is 22.5 Å². The SMILES string of the molecule is CC(C)C(NC(=O)c1cccs1)C(=O)Nc1ncc(Cc2ccccc2Cl)s1. The van der Waals surface area contributed by atoms with Crippen molar-refractivity contribution in [3.63, 3.8) is 0 Å². The van der Waals surface area contributed by atoms with Crippen molar-refractivity contribution >= 4 is 51.2 Å². The molecule has 2 aromatic heterocycles. The van der Waals surface area contributed by atoms with Gasteiger partial charge in [0.25, 0.3) is 5.91 Å². The molecule has 2 amide bonds. The third-order valence-electron chi connectivity index (χ3n) is 4.09. The van der Waals surface area contributed by atoms with E-state index in [1.54, 1.807) is 18.3 Å². The quantitative estimate of drug-likeness (QED) is 0.559. The summed E-state index contributed by atoms with van der Waals surface area (Å²) < 4.78 is 0. The van der Waals surface area contributed by atoms with Gasteiger partial charge >= 0.3 is 0 Å². The highest BCUT2D eigenvalue weighted by atomic mass is 35.5. The van der Waals surface area contributed by atoms with E-state index >= 15 is 0 Å². The van der Waals surface area contributed by atoms with E-state index in [1.165, 1.54) is 22.7 Å². The first-order chi connectivity index (χ1) is 13.4. The molecule has 3 aromatic rings. The van der Waals surface area contributed by atoms with Crippen LogP contribution in [0.5, 0.6) is 0 Å². The van der Waals surface area contributed by atoms with Crippen molar-refractivity contribution in [1.82, 2.24) is 10.3 Å². The summed E-state index contributed by atoms with van der Waals surface area (Å²) in [6.07, 6.45) is 2.38. The molecule has 3 rings (SSSR count). The summed E-state index contributed by atoms with van der Waals surface area (Å²) in [6.45, 7) is 3.78. The minimum absolute atomic E-state index is 0.0635. The van der Waals surface area contributed by atoms with E-state index in [9.17, 15) is 9.59 Å². The second-order valence-corrected chi connectivity index (χ2v) is 9.03. The molecule has 28 heavy (non-hydrogen) atoms. The third kappa shape index (κ3) is 5.19. The number of thiophene rings is 1. The molecular weight excluding hydrogens is 414 g/mol. The highest BCUT2D eigenvalue weighted by molar-refractivity contribution is 7.15. The first-order valence-corrected chi connectivity index (χ1v) is 10.8. The van der Waals surface area contributed by atoms with Gasteiger partial charge in [0.15, 0.2) is 5.13 Å². The van der Waals surface area contributed by atoms with E-state index in [2.05, 4.69) is 15.6 Å². The zero-order chi connectivity index (χ0) is 20.1. The molecule has 8 heteroatoms. The van der Waals surface area contributed by atoms with E-state index in [0.717, 1.165) is 10.4 Å². The molecule has 0 aliphatic heterocycles. The molecule has 0 radical (unpaired) electrons. The van der Waals surface area contributed by atoms with E-state index in [1.807, 2.05) is 43.5 Å². The number of carbonyl (C=O) groups is 2. The number of anilines is 1. The molecule has 0 saturated carbocycles. The number of amides is 2. The Morgan fingerprint density at radius 1 is 1.18 bits per heavy atom. The van der Waals surface area contributed by atoms with Crippen molar-refractivity contribution in [1.29, 1.82) is 0 Å². The second-order valence-electron chi connectivity index (χ2n) is 6.56. The fraction of sp³-hybridized carbons (Fsp3) is 0.250. The average Bonchev–Trinajstić information content (AvgIpc) is 3.33. The van der Waals surface area contributed by atoms with Gasteiger partial charge in [0.2, 0.25) is 5.91 Å². The van der Waals surface area contributed by atoms with Crippen LogP contribution < -0.4 is 10.6 Å². The number of benzene rings is 1. The Morgan fingerprint density at radius 2 is 1.96 bits per heavy atom. The van der Waals surface area contributed by atoms with Crippen LogP contribution >= 0.6 is 34.3 Å². The predicted molar refractivity (Wildman–Crippen MR) is 115 cm³/mol. The fourth-order valence-corrected chi connectivity index (χ4v) is 4.28. The van der Waals surface area contributed by atoms with Crippen molar-refractivity contribution in [2.75, 3.05) is 5.32 Å². The lowest BCUT2D eigenvalue weighted by Gasteiger charge is -2.20. The maximum atomic E-state index is 12.7. The molecule has 0 aliphatic rings. The Bertz CT molecular complexity index is 954. The zero-order valence-corrected chi connectivity index (χ0v) is 17.8. The largest absolute Gasteiger partial charge is 0.339 e. The third-order valence-corrected chi connectivity index (χ3v) is 6.24. The van der Waals surface area contributed by atoms with Gasteiger partial charge in [-0.05, 0) is 29.0 Å². The smallest absolute Gasteiger partial charge is 0.262 e. The van der Waals surface area contributed by atoms with Crippen molar-refractivity contribution in [3.05, 3.63) is 68.3 Å². The average molecular weight is 434 g/mol. The minimum Gasteiger partial charge on any atom is -0.339 e. The number of halogens is 1. The molecule has 146 valence electrons. The maximum absolute atomic E-state index is 12.7. The molecular formula is C20H20ClN3O2S2. The molecule has 5 nitrogen and oxygen atoms in total. The van der Waals surface area contributed by atoms with Crippen molar-refractivity contribution in [2.45, 2.75) is 26.3 Å². The first kappa shape index (κ1) is 20.5. The van der Waals surface area contributed by atoms with Gasteiger partial charge in [-0.15, -0.1) is 22.7 Å².